The summed E-state index contributed by atoms with van der Waals surface area (Å²) in [6.07, 6.45) is 7.25. The Bertz CT molecular complexity index is 864. The molecule has 4 rings (SSSR count). The fourth-order valence-electron chi connectivity index (χ4n) is 2.65. The maximum atomic E-state index is 4.48. The van der Waals surface area contributed by atoms with Crippen LogP contribution in [0.1, 0.15) is 40.8 Å². The van der Waals surface area contributed by atoms with E-state index in [1.54, 1.807) is 35.2 Å². The second kappa shape index (κ2) is 6.92. The highest BCUT2D eigenvalue weighted by molar-refractivity contribution is 7.18. The molecule has 0 bridgehead atoms. The van der Waals surface area contributed by atoms with Gasteiger partial charge in [0, 0.05) is 16.8 Å². The third-order valence-corrected chi connectivity index (χ3v) is 6.16. The molecular weight excluding hydrogens is 340 g/mol. The molecule has 3 aromatic heterocycles. The summed E-state index contributed by atoms with van der Waals surface area (Å²) in [4.78, 5) is 15.6. The van der Waals surface area contributed by atoms with Crippen molar-refractivity contribution in [2.45, 2.75) is 31.7 Å². The van der Waals surface area contributed by atoms with E-state index in [-0.39, 0.29) is 0 Å². The summed E-state index contributed by atoms with van der Waals surface area (Å²) in [5.41, 5.74) is 4.07. The van der Waals surface area contributed by atoms with Crippen molar-refractivity contribution < 1.29 is 0 Å². The smallest absolute Gasteiger partial charge is 0.158 e. The van der Waals surface area contributed by atoms with Crippen LogP contribution in [0.25, 0.3) is 10.2 Å². The normalized spacial score (nSPS) is 15.2. The maximum Gasteiger partial charge on any atom is 0.158 e. The Morgan fingerprint density at radius 3 is 3.08 bits per heavy atom. The number of thiophene rings is 1. The highest BCUT2D eigenvalue weighted by Crippen LogP contribution is 2.42. The average Bonchev–Trinajstić information content (AvgIpc) is 3.13. The first-order valence-corrected chi connectivity index (χ1v) is 9.65. The topological polar surface area (TPSA) is 75.1 Å². The van der Waals surface area contributed by atoms with Crippen LogP contribution in [-0.2, 0) is 6.54 Å². The third kappa shape index (κ3) is 3.17. The molecule has 3 aromatic rings. The number of aromatic nitrogens is 3. The van der Waals surface area contributed by atoms with Gasteiger partial charge in [0.25, 0.3) is 0 Å². The van der Waals surface area contributed by atoms with Gasteiger partial charge in [0.05, 0.1) is 17.3 Å². The number of rotatable bonds is 6. The number of hydrogen-bond donors (Lipinski definition) is 2. The van der Waals surface area contributed by atoms with Gasteiger partial charge in [-0.25, -0.2) is 15.0 Å². The molecule has 0 aromatic carbocycles. The predicted octanol–water partition coefficient (Wildman–Crippen LogP) is 3.58. The molecular formula is C16H18N6S2. The van der Waals surface area contributed by atoms with Crippen LogP contribution in [0.15, 0.2) is 22.9 Å². The van der Waals surface area contributed by atoms with E-state index in [9.17, 15) is 0 Å². The third-order valence-electron chi connectivity index (χ3n) is 4.13. The fraction of sp³-hybridized carbons (Fsp3) is 0.375. The summed E-state index contributed by atoms with van der Waals surface area (Å²) in [6, 6.07) is 2.22. The van der Waals surface area contributed by atoms with Crippen molar-refractivity contribution in [2.24, 2.45) is 5.10 Å². The lowest BCUT2D eigenvalue weighted by Crippen LogP contribution is -2.06. The van der Waals surface area contributed by atoms with Crippen molar-refractivity contribution >= 4 is 44.9 Å². The summed E-state index contributed by atoms with van der Waals surface area (Å²) in [6.45, 7) is 0.767. The number of fused-ring (bicyclic) bond motifs is 1. The zero-order chi connectivity index (χ0) is 16.4. The van der Waals surface area contributed by atoms with E-state index in [0.29, 0.717) is 5.92 Å². The van der Waals surface area contributed by atoms with E-state index in [0.717, 1.165) is 33.3 Å². The fourth-order valence-corrected chi connectivity index (χ4v) is 4.49. The lowest BCUT2D eigenvalue weighted by atomic mass is 9.84. The van der Waals surface area contributed by atoms with Crippen LogP contribution in [0, 0.1) is 0 Å². The molecule has 0 atom stereocenters. The van der Waals surface area contributed by atoms with Crippen molar-refractivity contribution in [1.82, 2.24) is 20.3 Å². The van der Waals surface area contributed by atoms with Gasteiger partial charge in [-0.1, -0.05) is 6.42 Å². The zero-order valence-corrected chi connectivity index (χ0v) is 15.0. The molecule has 0 aliphatic heterocycles. The van der Waals surface area contributed by atoms with E-state index in [2.05, 4.69) is 36.9 Å². The minimum absolute atomic E-state index is 0.710. The number of nitrogens with zero attached hydrogens (tertiary/aromatic N) is 4. The predicted molar refractivity (Wildman–Crippen MR) is 100 cm³/mol. The minimum Gasteiger partial charge on any atom is -0.314 e. The number of hydrazone groups is 1. The van der Waals surface area contributed by atoms with Crippen LogP contribution in [-0.4, -0.2) is 28.2 Å². The van der Waals surface area contributed by atoms with Gasteiger partial charge >= 0.3 is 0 Å². The van der Waals surface area contributed by atoms with Crippen molar-refractivity contribution in [3.05, 3.63) is 33.4 Å². The monoisotopic (exact) mass is 358 g/mol. The van der Waals surface area contributed by atoms with E-state index < -0.39 is 0 Å². The molecule has 1 aliphatic rings. The van der Waals surface area contributed by atoms with Gasteiger partial charge in [-0.2, -0.15) is 5.10 Å². The van der Waals surface area contributed by atoms with Crippen molar-refractivity contribution in [1.29, 1.82) is 0 Å². The largest absolute Gasteiger partial charge is 0.314 e. The molecule has 1 saturated carbocycles. The van der Waals surface area contributed by atoms with E-state index in [1.165, 1.54) is 24.1 Å². The zero-order valence-electron chi connectivity index (χ0n) is 13.3. The molecule has 3 heterocycles. The molecule has 0 saturated heterocycles. The molecule has 1 fully saturated rings. The Morgan fingerprint density at radius 1 is 1.38 bits per heavy atom. The van der Waals surface area contributed by atoms with Gasteiger partial charge in [0.2, 0.25) is 0 Å². The van der Waals surface area contributed by atoms with E-state index in [1.807, 2.05) is 12.4 Å². The molecule has 0 unspecified atom stereocenters. The van der Waals surface area contributed by atoms with Gasteiger partial charge in [0.1, 0.15) is 16.2 Å². The van der Waals surface area contributed by atoms with Crippen molar-refractivity contribution in [3.63, 3.8) is 0 Å². The van der Waals surface area contributed by atoms with Gasteiger partial charge in [-0.15, -0.1) is 22.7 Å². The lowest BCUT2D eigenvalue weighted by molar-refractivity contribution is 0.426. The van der Waals surface area contributed by atoms with Crippen LogP contribution in [0.2, 0.25) is 0 Å². The number of anilines is 1. The Balaban J connectivity index is 1.50. The quantitative estimate of drug-likeness (QED) is 0.520. The highest BCUT2D eigenvalue weighted by Gasteiger charge is 2.22. The molecule has 124 valence electrons. The van der Waals surface area contributed by atoms with Crippen LogP contribution >= 0.6 is 22.7 Å². The van der Waals surface area contributed by atoms with Crippen molar-refractivity contribution in [2.75, 3.05) is 12.5 Å². The number of nitrogens with one attached hydrogen (secondary N) is 2. The summed E-state index contributed by atoms with van der Waals surface area (Å²) in [5, 5.41) is 11.3. The van der Waals surface area contributed by atoms with Gasteiger partial charge in [-0.3, -0.25) is 5.43 Å². The second-order valence-electron chi connectivity index (χ2n) is 5.80. The number of hydrogen-bond acceptors (Lipinski definition) is 8. The van der Waals surface area contributed by atoms with Crippen LogP contribution in [0.4, 0.5) is 5.82 Å². The summed E-state index contributed by atoms with van der Waals surface area (Å²) in [5.74, 6) is 1.46. The molecule has 0 amide bonds. The summed E-state index contributed by atoms with van der Waals surface area (Å²) in [7, 11) is 1.91. The first-order valence-electron chi connectivity index (χ1n) is 7.96. The molecule has 8 heteroatoms. The molecule has 6 nitrogen and oxygen atoms in total. The average molecular weight is 358 g/mol. The Labute approximate surface area is 148 Å². The van der Waals surface area contributed by atoms with E-state index in [4.69, 9.17) is 0 Å². The summed E-state index contributed by atoms with van der Waals surface area (Å²) < 4.78 is 0. The van der Waals surface area contributed by atoms with Crippen LogP contribution in [0.5, 0.6) is 0 Å². The first-order chi connectivity index (χ1) is 11.8. The van der Waals surface area contributed by atoms with Gasteiger partial charge < -0.3 is 5.32 Å². The Morgan fingerprint density at radius 2 is 2.29 bits per heavy atom. The minimum atomic E-state index is 0.710. The Hall–Kier alpha value is -1.90. The standard InChI is InChI=1S/C16H18N6S2/c1-17-6-11-8-23-14(21-11)7-20-22-15-12-5-13(10-3-2-4-10)24-16(12)19-9-18-15/h5,7-10,17H,2-4,6H2,1H3,(H,18,19,22)/b20-7+. The van der Waals surface area contributed by atoms with E-state index >= 15 is 0 Å². The van der Waals surface area contributed by atoms with Crippen molar-refractivity contribution in [3.8, 4) is 0 Å². The second-order valence-corrected chi connectivity index (χ2v) is 7.75. The number of thiazole rings is 1. The van der Waals surface area contributed by atoms with Crippen LogP contribution < -0.4 is 10.7 Å². The molecule has 0 spiro atoms. The van der Waals surface area contributed by atoms with Gasteiger partial charge in [-0.05, 0) is 31.9 Å². The molecule has 2 N–H and O–H groups in total. The molecule has 24 heavy (non-hydrogen) atoms. The Kier molecular flexibility index (Phi) is 4.50. The van der Waals surface area contributed by atoms with Gasteiger partial charge in [0.15, 0.2) is 5.82 Å². The SMILES string of the molecule is CNCc1csc(/C=N/Nc2ncnc3sc(C4CCC4)cc23)n1. The molecule has 0 radical (unpaired) electrons. The summed E-state index contributed by atoms with van der Waals surface area (Å²) >= 11 is 3.35. The lowest BCUT2D eigenvalue weighted by Gasteiger charge is -2.23. The maximum absolute atomic E-state index is 4.48. The van der Waals surface area contributed by atoms with Crippen LogP contribution in [0.3, 0.4) is 0 Å². The first kappa shape index (κ1) is 15.6. The highest BCUT2D eigenvalue weighted by atomic mass is 32.1. The molecule has 1 aliphatic carbocycles.